The summed E-state index contributed by atoms with van der Waals surface area (Å²) < 4.78 is 0. The maximum Gasteiger partial charge on any atom is 0.00890 e. The molecule has 0 amide bonds. The Morgan fingerprint density at radius 3 is 1.08 bits per heavy atom. The van der Waals surface area contributed by atoms with Gasteiger partial charge in [-0.1, -0.05) is 6.42 Å². The molecule has 13 heavy (non-hydrogen) atoms. The lowest BCUT2D eigenvalue weighted by molar-refractivity contribution is 0.708. The van der Waals surface area contributed by atoms with Crippen molar-refractivity contribution in [2.24, 2.45) is 0 Å². The van der Waals surface area contributed by atoms with Crippen molar-refractivity contribution in [3.8, 4) is 23.7 Å². The van der Waals surface area contributed by atoms with Gasteiger partial charge in [0, 0.05) is 25.7 Å². The van der Waals surface area contributed by atoms with Crippen molar-refractivity contribution >= 4 is 0 Å². The molecule has 0 bridgehead atoms. The maximum atomic E-state index is 3.23. The van der Waals surface area contributed by atoms with Crippen LogP contribution in [0, 0.1) is 23.7 Å². The molecule has 0 unspecified atom stereocenters. The first-order valence-electron chi connectivity index (χ1n) is 5.41. The van der Waals surface area contributed by atoms with Gasteiger partial charge in [0.1, 0.15) is 0 Å². The predicted octanol–water partition coefficient (Wildman–Crippen LogP) is 3.52. The summed E-state index contributed by atoms with van der Waals surface area (Å²) >= 11 is 0. The first kappa shape index (κ1) is 10.2. The van der Waals surface area contributed by atoms with Gasteiger partial charge >= 0.3 is 0 Å². The van der Waals surface area contributed by atoms with Crippen LogP contribution in [0.1, 0.15) is 57.8 Å². The molecule has 1 aliphatic rings. The zero-order valence-electron chi connectivity index (χ0n) is 8.36. The van der Waals surface area contributed by atoms with Gasteiger partial charge in [-0.15, -0.1) is 23.7 Å². The summed E-state index contributed by atoms with van der Waals surface area (Å²) in [4.78, 5) is 0. The fourth-order valence-electron chi connectivity index (χ4n) is 1.38. The predicted molar refractivity (Wildman–Crippen MR) is 57.1 cm³/mol. The van der Waals surface area contributed by atoms with Gasteiger partial charge in [0.15, 0.2) is 0 Å². The van der Waals surface area contributed by atoms with E-state index >= 15 is 0 Å². The second kappa shape index (κ2) is 7.75. The largest absolute Gasteiger partial charge is 0.103 e. The third kappa shape index (κ3) is 6.30. The van der Waals surface area contributed by atoms with Crippen molar-refractivity contribution < 1.29 is 0 Å². The molecule has 0 aliphatic heterocycles. The maximum absolute atomic E-state index is 3.23. The molecule has 0 N–H and O–H groups in total. The van der Waals surface area contributed by atoms with Gasteiger partial charge in [-0.25, -0.2) is 0 Å². The Balaban J connectivity index is 2.25. The van der Waals surface area contributed by atoms with E-state index in [1.165, 1.54) is 32.1 Å². The molecule has 1 rings (SSSR count). The van der Waals surface area contributed by atoms with Crippen LogP contribution in [0.2, 0.25) is 0 Å². The second-order valence-electron chi connectivity index (χ2n) is 3.47. The highest BCUT2D eigenvalue weighted by atomic mass is 13.9. The average molecular weight is 174 g/mol. The van der Waals surface area contributed by atoms with Crippen molar-refractivity contribution in [3.63, 3.8) is 0 Å². The van der Waals surface area contributed by atoms with Crippen LogP contribution >= 0.6 is 0 Å². The minimum Gasteiger partial charge on any atom is -0.103 e. The smallest absolute Gasteiger partial charge is 0.00890 e. The Kier molecular flexibility index (Phi) is 6.08. The average Bonchev–Trinajstić information content (AvgIpc) is 2.18. The van der Waals surface area contributed by atoms with Crippen molar-refractivity contribution in [1.82, 2.24) is 0 Å². The zero-order valence-corrected chi connectivity index (χ0v) is 8.36. The molecule has 1 aliphatic carbocycles. The quantitative estimate of drug-likeness (QED) is 0.493. The Labute approximate surface area is 82.1 Å². The van der Waals surface area contributed by atoms with Crippen LogP contribution in [0.4, 0.5) is 0 Å². The van der Waals surface area contributed by atoms with E-state index in [9.17, 15) is 0 Å². The van der Waals surface area contributed by atoms with Crippen LogP contribution in [0.5, 0.6) is 0 Å². The Morgan fingerprint density at radius 1 is 0.385 bits per heavy atom. The third-order valence-corrected chi connectivity index (χ3v) is 2.21. The van der Waals surface area contributed by atoms with Crippen LogP contribution in [0.3, 0.4) is 0 Å². The van der Waals surface area contributed by atoms with Crippen LogP contribution in [-0.2, 0) is 0 Å². The molecule has 0 fully saturated rings. The van der Waals surface area contributed by atoms with E-state index in [0.717, 1.165) is 25.7 Å². The van der Waals surface area contributed by atoms with Gasteiger partial charge in [0.25, 0.3) is 0 Å². The molecule has 0 aromatic rings. The van der Waals surface area contributed by atoms with Gasteiger partial charge in [-0.2, -0.15) is 0 Å². The first-order chi connectivity index (χ1) is 6.50. The van der Waals surface area contributed by atoms with Crippen molar-refractivity contribution in [3.05, 3.63) is 0 Å². The van der Waals surface area contributed by atoms with Crippen molar-refractivity contribution in [2.45, 2.75) is 57.8 Å². The number of hydrogen-bond donors (Lipinski definition) is 0. The molecular formula is C13H18. The standard InChI is InChI=1S/C13H18/c1-2-4-6-8-10-12-13-11-9-7-5-3-1/h1-5,10-13H2. The van der Waals surface area contributed by atoms with Gasteiger partial charge in [0.2, 0.25) is 0 Å². The summed E-state index contributed by atoms with van der Waals surface area (Å²) in [7, 11) is 0. The summed E-state index contributed by atoms with van der Waals surface area (Å²) in [6, 6.07) is 0. The van der Waals surface area contributed by atoms with Gasteiger partial charge in [0.05, 0.1) is 0 Å². The molecule has 0 nitrogen and oxygen atoms in total. The molecule has 0 heteroatoms. The lowest BCUT2D eigenvalue weighted by Crippen LogP contribution is -1.75. The summed E-state index contributed by atoms with van der Waals surface area (Å²) in [6.45, 7) is 0. The topological polar surface area (TPSA) is 0 Å². The van der Waals surface area contributed by atoms with E-state index in [4.69, 9.17) is 0 Å². The molecule has 0 saturated carbocycles. The zero-order chi connectivity index (χ0) is 9.19. The molecular weight excluding hydrogens is 156 g/mol. The third-order valence-electron chi connectivity index (χ3n) is 2.21. The van der Waals surface area contributed by atoms with Gasteiger partial charge < -0.3 is 0 Å². The van der Waals surface area contributed by atoms with Gasteiger partial charge in [-0.05, 0) is 25.7 Å². The van der Waals surface area contributed by atoms with Gasteiger partial charge in [-0.3, -0.25) is 0 Å². The monoisotopic (exact) mass is 174 g/mol. The minimum absolute atomic E-state index is 1.07. The molecule has 0 spiro atoms. The summed E-state index contributed by atoms with van der Waals surface area (Å²) in [5.41, 5.74) is 0. The molecule has 0 radical (unpaired) electrons. The van der Waals surface area contributed by atoms with E-state index in [2.05, 4.69) is 23.7 Å². The van der Waals surface area contributed by atoms with E-state index in [-0.39, 0.29) is 0 Å². The minimum atomic E-state index is 1.07. The Morgan fingerprint density at radius 2 is 0.692 bits per heavy atom. The first-order valence-corrected chi connectivity index (χ1v) is 5.41. The fourth-order valence-corrected chi connectivity index (χ4v) is 1.38. The molecule has 0 saturated heterocycles. The van der Waals surface area contributed by atoms with Crippen molar-refractivity contribution in [2.75, 3.05) is 0 Å². The molecule has 70 valence electrons. The highest BCUT2D eigenvalue weighted by Crippen LogP contribution is 2.03. The summed E-state index contributed by atoms with van der Waals surface area (Å²) in [6.07, 6.45) is 10.6. The molecule has 0 aromatic heterocycles. The fraction of sp³-hybridized carbons (Fsp3) is 0.692. The molecule has 0 atom stereocenters. The van der Waals surface area contributed by atoms with Crippen LogP contribution in [0.15, 0.2) is 0 Å². The number of hydrogen-bond acceptors (Lipinski definition) is 0. The lowest BCUT2D eigenvalue weighted by atomic mass is 10.1. The molecule has 0 aromatic carbocycles. The van der Waals surface area contributed by atoms with E-state index in [0.29, 0.717) is 0 Å². The van der Waals surface area contributed by atoms with E-state index in [1.807, 2.05) is 0 Å². The Bertz CT molecular complexity index is 202. The van der Waals surface area contributed by atoms with Crippen LogP contribution in [-0.4, -0.2) is 0 Å². The number of rotatable bonds is 0. The lowest BCUT2D eigenvalue weighted by Gasteiger charge is -1.91. The SMILES string of the molecule is C1#CCCCCCC#CCCCC1. The summed E-state index contributed by atoms with van der Waals surface area (Å²) in [5, 5.41) is 0. The highest BCUT2D eigenvalue weighted by molar-refractivity contribution is 5.01. The van der Waals surface area contributed by atoms with E-state index < -0.39 is 0 Å². The second-order valence-corrected chi connectivity index (χ2v) is 3.47. The van der Waals surface area contributed by atoms with Crippen LogP contribution < -0.4 is 0 Å². The summed E-state index contributed by atoms with van der Waals surface area (Å²) in [5.74, 6) is 12.9. The van der Waals surface area contributed by atoms with Crippen molar-refractivity contribution in [1.29, 1.82) is 0 Å². The highest BCUT2D eigenvalue weighted by Gasteiger charge is 1.87. The van der Waals surface area contributed by atoms with Crippen LogP contribution in [0.25, 0.3) is 0 Å². The Hall–Kier alpha value is -0.880. The normalized spacial score (nSPS) is 19.1. The van der Waals surface area contributed by atoms with E-state index in [1.54, 1.807) is 0 Å². The molecule has 0 heterocycles.